The van der Waals surface area contributed by atoms with Crippen molar-refractivity contribution in [3.05, 3.63) is 30.0 Å². The molecule has 1 amide bonds. The van der Waals surface area contributed by atoms with Gasteiger partial charge in [-0.3, -0.25) is 0 Å². The number of amides is 1. The van der Waals surface area contributed by atoms with E-state index in [2.05, 4.69) is 40.0 Å². The van der Waals surface area contributed by atoms with Crippen LogP contribution in [-0.4, -0.2) is 77.2 Å². The van der Waals surface area contributed by atoms with Crippen LogP contribution in [0.15, 0.2) is 18.6 Å². The zero-order valence-electron chi connectivity index (χ0n) is 21.6. The Kier molecular flexibility index (Phi) is 8.16. The number of ether oxygens (including phenoxy) is 3. The minimum absolute atomic E-state index is 0.0384. The number of carbonyl (C=O) groups excluding carboxylic acids is 2. The molecule has 0 unspecified atom stereocenters. The lowest BCUT2D eigenvalue weighted by Gasteiger charge is -2.39. The van der Waals surface area contributed by atoms with Crippen molar-refractivity contribution in [3.8, 4) is 0 Å². The number of anilines is 2. The first-order chi connectivity index (χ1) is 16.3. The largest absolute Gasteiger partial charge is 0.464 e. The van der Waals surface area contributed by atoms with Crippen LogP contribution in [0.5, 0.6) is 0 Å². The van der Waals surface area contributed by atoms with Gasteiger partial charge in [0.2, 0.25) is 0 Å². The maximum Gasteiger partial charge on any atom is 0.410 e. The summed E-state index contributed by atoms with van der Waals surface area (Å²) in [6.07, 6.45) is 4.64. The van der Waals surface area contributed by atoms with Crippen LogP contribution in [0.2, 0.25) is 25.7 Å². The summed E-state index contributed by atoms with van der Waals surface area (Å²) in [7, 11) is 0.151. The fourth-order valence-electron chi connectivity index (χ4n) is 3.24. The van der Waals surface area contributed by atoms with Crippen molar-refractivity contribution in [2.45, 2.75) is 64.7 Å². The van der Waals surface area contributed by atoms with E-state index in [1.54, 1.807) is 28.2 Å². The van der Waals surface area contributed by atoms with Gasteiger partial charge in [0.15, 0.2) is 11.5 Å². The van der Waals surface area contributed by atoms with Gasteiger partial charge in [-0.05, 0) is 26.8 Å². The molecule has 0 aliphatic carbocycles. The highest BCUT2D eigenvalue weighted by Crippen LogP contribution is 2.29. The van der Waals surface area contributed by atoms with Crippen LogP contribution in [0.25, 0.3) is 0 Å². The molecule has 1 aliphatic heterocycles. The Balaban J connectivity index is 1.62. The SMILES string of the molecule is COC(=O)c1nc(C2CN(C(=O)OC(C)(C)C)C2)cnc1Nc1cnn(COCC[Si](C)(C)C)c1. The third-order valence-corrected chi connectivity index (χ3v) is 6.94. The lowest BCUT2D eigenvalue weighted by molar-refractivity contribution is 0.00776. The number of nitrogens with zero attached hydrogens (tertiary/aromatic N) is 5. The molecule has 35 heavy (non-hydrogen) atoms. The Morgan fingerprint density at radius 3 is 2.54 bits per heavy atom. The van der Waals surface area contributed by atoms with Crippen LogP contribution in [0, 0.1) is 0 Å². The number of likely N-dealkylation sites (tertiary alicyclic amines) is 1. The summed E-state index contributed by atoms with van der Waals surface area (Å²) in [6, 6.07) is 1.08. The molecule has 1 fully saturated rings. The quantitative estimate of drug-likeness (QED) is 0.308. The highest BCUT2D eigenvalue weighted by Gasteiger charge is 2.36. The topological polar surface area (TPSA) is 121 Å². The van der Waals surface area contributed by atoms with E-state index in [4.69, 9.17) is 14.2 Å². The van der Waals surface area contributed by atoms with Crippen molar-refractivity contribution in [1.82, 2.24) is 24.6 Å². The molecule has 0 radical (unpaired) electrons. The minimum Gasteiger partial charge on any atom is -0.464 e. The molecular weight excluding hydrogens is 468 g/mol. The van der Waals surface area contributed by atoms with Gasteiger partial charge in [-0.1, -0.05) is 19.6 Å². The standard InChI is InChI=1S/C23H36N6O5Si/c1-23(2,3)34-22(31)28-12-16(13-28)18-11-24-20(19(27-18)21(30)32-4)26-17-10-25-29(14-17)15-33-8-9-35(5,6)7/h10-11,14,16H,8-9,12-13,15H2,1-7H3,(H,24,26). The van der Waals surface area contributed by atoms with Gasteiger partial charge < -0.3 is 24.4 Å². The summed E-state index contributed by atoms with van der Waals surface area (Å²) < 4.78 is 17.7. The lowest BCUT2D eigenvalue weighted by Crippen LogP contribution is -2.50. The van der Waals surface area contributed by atoms with Crippen LogP contribution in [0.1, 0.15) is 42.9 Å². The van der Waals surface area contributed by atoms with Crippen LogP contribution < -0.4 is 5.32 Å². The summed E-state index contributed by atoms with van der Waals surface area (Å²) in [4.78, 5) is 35.1. The molecule has 2 aromatic heterocycles. The second-order valence-corrected chi connectivity index (χ2v) is 16.4. The van der Waals surface area contributed by atoms with E-state index >= 15 is 0 Å². The maximum atomic E-state index is 12.4. The summed E-state index contributed by atoms with van der Waals surface area (Å²) in [5.41, 5.74) is 0.772. The Morgan fingerprint density at radius 1 is 1.20 bits per heavy atom. The molecule has 3 rings (SSSR count). The van der Waals surface area contributed by atoms with Crippen LogP contribution >= 0.6 is 0 Å². The number of aromatic nitrogens is 4. The molecule has 3 heterocycles. The van der Waals surface area contributed by atoms with E-state index < -0.39 is 19.6 Å². The summed E-state index contributed by atoms with van der Waals surface area (Å²) in [5, 5.41) is 7.37. The molecule has 0 aromatic carbocycles. The smallest absolute Gasteiger partial charge is 0.410 e. The summed E-state index contributed by atoms with van der Waals surface area (Å²) >= 11 is 0. The maximum absolute atomic E-state index is 12.4. The molecule has 2 aromatic rings. The number of hydrogen-bond donors (Lipinski definition) is 1. The zero-order valence-corrected chi connectivity index (χ0v) is 22.6. The number of methoxy groups -OCH3 is 1. The number of esters is 1. The monoisotopic (exact) mass is 504 g/mol. The average molecular weight is 505 g/mol. The highest BCUT2D eigenvalue weighted by atomic mass is 28.3. The van der Waals surface area contributed by atoms with Crippen LogP contribution in [0.4, 0.5) is 16.3 Å². The predicted octanol–water partition coefficient (Wildman–Crippen LogP) is 3.85. The summed E-state index contributed by atoms with van der Waals surface area (Å²) in [5.74, 6) is -0.376. The highest BCUT2D eigenvalue weighted by molar-refractivity contribution is 6.76. The molecule has 12 heteroatoms. The first-order valence-corrected chi connectivity index (χ1v) is 15.4. The van der Waals surface area contributed by atoms with Gasteiger partial charge in [-0.2, -0.15) is 5.10 Å². The van der Waals surface area contributed by atoms with Gasteiger partial charge in [0.1, 0.15) is 12.3 Å². The van der Waals surface area contributed by atoms with E-state index in [-0.39, 0.29) is 23.5 Å². The van der Waals surface area contributed by atoms with Gasteiger partial charge in [-0.15, -0.1) is 0 Å². The van der Waals surface area contributed by atoms with Gasteiger partial charge >= 0.3 is 12.1 Å². The molecule has 0 spiro atoms. The third-order valence-electron chi connectivity index (χ3n) is 5.24. The van der Waals surface area contributed by atoms with Crippen molar-refractivity contribution in [3.63, 3.8) is 0 Å². The van der Waals surface area contributed by atoms with E-state index in [0.29, 0.717) is 37.8 Å². The predicted molar refractivity (Wildman–Crippen MR) is 134 cm³/mol. The minimum atomic E-state index is -1.14. The van der Waals surface area contributed by atoms with Crippen LogP contribution in [0.3, 0.4) is 0 Å². The number of carbonyl (C=O) groups is 2. The molecular formula is C23H36N6O5Si. The Morgan fingerprint density at radius 2 is 1.91 bits per heavy atom. The van der Waals surface area contributed by atoms with Gasteiger partial charge in [0, 0.05) is 33.7 Å². The third kappa shape index (κ3) is 7.75. The Labute approximate surface area is 207 Å². The normalized spacial score (nSPS) is 14.4. The first kappa shape index (κ1) is 26.6. The van der Waals surface area contributed by atoms with Crippen molar-refractivity contribution >= 4 is 31.6 Å². The molecule has 1 N–H and O–H groups in total. The average Bonchev–Trinajstić information content (AvgIpc) is 3.15. The second kappa shape index (κ2) is 10.7. The number of hydrogen-bond acceptors (Lipinski definition) is 9. The van der Waals surface area contributed by atoms with Crippen LogP contribution in [-0.2, 0) is 20.9 Å². The molecule has 11 nitrogen and oxygen atoms in total. The molecule has 192 valence electrons. The molecule has 1 aliphatic rings. The fourth-order valence-corrected chi connectivity index (χ4v) is 4.00. The lowest BCUT2D eigenvalue weighted by atomic mass is 9.97. The van der Waals surface area contributed by atoms with Crippen molar-refractivity contribution in [2.24, 2.45) is 0 Å². The van der Waals surface area contributed by atoms with E-state index in [0.717, 1.165) is 6.04 Å². The van der Waals surface area contributed by atoms with E-state index in [9.17, 15) is 9.59 Å². The summed E-state index contributed by atoms with van der Waals surface area (Å²) in [6.45, 7) is 14.3. The van der Waals surface area contributed by atoms with Gasteiger partial charge in [0.25, 0.3) is 0 Å². The molecule has 1 saturated heterocycles. The number of nitrogens with one attached hydrogen (secondary N) is 1. The van der Waals surface area contributed by atoms with Crippen molar-refractivity contribution in [2.75, 3.05) is 32.1 Å². The molecule has 0 bridgehead atoms. The van der Waals surface area contributed by atoms with Gasteiger partial charge in [0.05, 0.1) is 37.1 Å². The Bertz CT molecular complexity index is 1040. The zero-order chi connectivity index (χ0) is 25.8. The second-order valence-electron chi connectivity index (χ2n) is 10.8. The van der Waals surface area contributed by atoms with Crippen molar-refractivity contribution < 1.29 is 23.8 Å². The molecule has 0 atom stereocenters. The number of rotatable bonds is 9. The first-order valence-electron chi connectivity index (χ1n) is 11.6. The molecule has 0 saturated carbocycles. The van der Waals surface area contributed by atoms with Crippen molar-refractivity contribution in [1.29, 1.82) is 0 Å². The van der Waals surface area contributed by atoms with E-state index in [1.807, 2.05) is 20.8 Å². The van der Waals surface area contributed by atoms with E-state index in [1.165, 1.54) is 7.11 Å². The van der Waals surface area contributed by atoms with Gasteiger partial charge in [-0.25, -0.2) is 24.2 Å². The Hall–Kier alpha value is -2.99. The fraction of sp³-hybridized carbons (Fsp3) is 0.609.